The smallest absolute Gasteiger partial charge is 0.261 e. The van der Waals surface area contributed by atoms with Crippen LogP contribution in [0.5, 0.6) is 0 Å². The van der Waals surface area contributed by atoms with Crippen LogP contribution < -0.4 is 10.0 Å². The normalized spacial score (nSPS) is 17.8. The zero-order valence-electron chi connectivity index (χ0n) is 16.3. The van der Waals surface area contributed by atoms with Crippen LogP contribution in [0.4, 0.5) is 10.1 Å². The summed E-state index contributed by atoms with van der Waals surface area (Å²) in [5.74, 6) is 0.128. The third-order valence-corrected chi connectivity index (χ3v) is 6.89. The standard InChI is InChI=1S/C22H29FN2O2S/c1-17(22(23)18-10-4-2-5-11-18)24-16-19-12-8-9-15-21(19)25-28(26,27)20-13-6-3-7-14-20/h3,6-9,12-15,17-18,22,24-25H,2,4-5,10-11,16H2,1H3. The van der Waals surface area contributed by atoms with E-state index in [0.29, 0.717) is 12.2 Å². The summed E-state index contributed by atoms with van der Waals surface area (Å²) in [7, 11) is -3.66. The molecule has 0 spiro atoms. The number of anilines is 1. The van der Waals surface area contributed by atoms with Crippen molar-refractivity contribution in [2.24, 2.45) is 5.92 Å². The minimum absolute atomic E-state index is 0.128. The van der Waals surface area contributed by atoms with E-state index in [2.05, 4.69) is 10.0 Å². The number of sulfonamides is 1. The van der Waals surface area contributed by atoms with Gasteiger partial charge in [-0.2, -0.15) is 0 Å². The number of para-hydroxylation sites is 1. The van der Waals surface area contributed by atoms with Gasteiger partial charge in [0, 0.05) is 12.6 Å². The van der Waals surface area contributed by atoms with Crippen LogP contribution >= 0.6 is 0 Å². The van der Waals surface area contributed by atoms with Crippen molar-refractivity contribution >= 4 is 15.7 Å². The highest BCUT2D eigenvalue weighted by molar-refractivity contribution is 7.92. The van der Waals surface area contributed by atoms with Gasteiger partial charge in [-0.25, -0.2) is 12.8 Å². The fourth-order valence-electron chi connectivity index (χ4n) is 3.82. The van der Waals surface area contributed by atoms with Gasteiger partial charge >= 0.3 is 0 Å². The van der Waals surface area contributed by atoms with E-state index in [1.165, 1.54) is 6.42 Å². The van der Waals surface area contributed by atoms with Crippen molar-refractivity contribution in [3.63, 3.8) is 0 Å². The first kappa shape index (κ1) is 20.8. The molecule has 2 N–H and O–H groups in total. The molecule has 0 radical (unpaired) electrons. The highest BCUT2D eigenvalue weighted by Crippen LogP contribution is 2.30. The SMILES string of the molecule is CC(NCc1ccccc1NS(=O)(=O)c1ccccc1)C(F)C1CCCCC1. The monoisotopic (exact) mass is 404 g/mol. The van der Waals surface area contributed by atoms with Crippen LogP contribution in [0.25, 0.3) is 0 Å². The van der Waals surface area contributed by atoms with Gasteiger partial charge in [-0.05, 0) is 49.4 Å². The molecule has 1 saturated carbocycles. The number of benzene rings is 2. The second kappa shape index (κ2) is 9.52. The Kier molecular flexibility index (Phi) is 7.08. The molecular weight excluding hydrogens is 375 g/mol. The molecule has 6 heteroatoms. The van der Waals surface area contributed by atoms with E-state index < -0.39 is 16.2 Å². The molecule has 0 aliphatic heterocycles. The van der Waals surface area contributed by atoms with Crippen molar-refractivity contribution < 1.29 is 12.8 Å². The molecule has 0 heterocycles. The summed E-state index contributed by atoms with van der Waals surface area (Å²) in [5.41, 5.74) is 1.31. The lowest BCUT2D eigenvalue weighted by Crippen LogP contribution is -2.39. The Morgan fingerprint density at radius 3 is 2.36 bits per heavy atom. The van der Waals surface area contributed by atoms with Crippen LogP contribution in [0.2, 0.25) is 0 Å². The predicted octanol–water partition coefficient (Wildman–Crippen LogP) is 4.88. The Balaban J connectivity index is 1.65. The summed E-state index contributed by atoms with van der Waals surface area (Å²) < 4.78 is 42.7. The molecule has 4 nitrogen and oxygen atoms in total. The Bertz CT molecular complexity index is 852. The van der Waals surface area contributed by atoms with E-state index in [0.717, 1.165) is 31.2 Å². The second-order valence-electron chi connectivity index (χ2n) is 7.59. The van der Waals surface area contributed by atoms with Crippen LogP contribution in [0, 0.1) is 5.92 Å². The maximum absolute atomic E-state index is 14.8. The number of hydrogen-bond donors (Lipinski definition) is 2. The van der Waals surface area contributed by atoms with E-state index in [4.69, 9.17) is 0 Å². The zero-order chi connectivity index (χ0) is 20.0. The highest BCUT2D eigenvalue weighted by Gasteiger charge is 2.27. The fourth-order valence-corrected chi connectivity index (χ4v) is 4.94. The van der Waals surface area contributed by atoms with Gasteiger partial charge in [-0.15, -0.1) is 0 Å². The lowest BCUT2D eigenvalue weighted by Gasteiger charge is -2.29. The molecular formula is C22H29FN2O2S. The number of halogens is 1. The van der Waals surface area contributed by atoms with Gasteiger partial charge in [-0.3, -0.25) is 4.72 Å². The van der Waals surface area contributed by atoms with Crippen LogP contribution in [0.3, 0.4) is 0 Å². The van der Waals surface area contributed by atoms with Crippen molar-refractivity contribution in [3.8, 4) is 0 Å². The molecule has 152 valence electrons. The highest BCUT2D eigenvalue weighted by atomic mass is 32.2. The summed E-state index contributed by atoms with van der Waals surface area (Å²) in [6, 6.07) is 15.2. The van der Waals surface area contributed by atoms with Crippen molar-refractivity contribution in [1.82, 2.24) is 5.32 Å². The molecule has 1 aliphatic rings. The maximum Gasteiger partial charge on any atom is 0.261 e. The third kappa shape index (κ3) is 5.32. The average molecular weight is 405 g/mol. The van der Waals surface area contributed by atoms with Gasteiger partial charge in [0.05, 0.1) is 10.6 Å². The molecule has 1 aliphatic carbocycles. The van der Waals surface area contributed by atoms with Gasteiger partial charge in [0.2, 0.25) is 0 Å². The lowest BCUT2D eigenvalue weighted by molar-refractivity contribution is 0.142. The van der Waals surface area contributed by atoms with Crippen molar-refractivity contribution in [3.05, 3.63) is 60.2 Å². The van der Waals surface area contributed by atoms with E-state index in [9.17, 15) is 12.8 Å². The Morgan fingerprint density at radius 1 is 1.00 bits per heavy atom. The fraction of sp³-hybridized carbons (Fsp3) is 0.455. The maximum atomic E-state index is 14.8. The second-order valence-corrected chi connectivity index (χ2v) is 9.27. The first-order valence-corrected chi connectivity index (χ1v) is 11.5. The predicted molar refractivity (Wildman–Crippen MR) is 111 cm³/mol. The summed E-state index contributed by atoms with van der Waals surface area (Å²) in [6.45, 7) is 2.28. The first-order chi connectivity index (χ1) is 13.5. The molecule has 2 unspecified atom stereocenters. The average Bonchev–Trinajstić information content (AvgIpc) is 2.73. The Hall–Kier alpha value is -1.92. The van der Waals surface area contributed by atoms with Gasteiger partial charge in [0.25, 0.3) is 10.0 Å². The van der Waals surface area contributed by atoms with Crippen molar-refractivity contribution in [2.45, 2.75) is 62.7 Å². The molecule has 0 saturated heterocycles. The van der Waals surface area contributed by atoms with Crippen molar-refractivity contribution in [2.75, 3.05) is 4.72 Å². The summed E-state index contributed by atoms with van der Waals surface area (Å²) in [5, 5.41) is 3.25. The Morgan fingerprint density at radius 2 is 1.64 bits per heavy atom. The quantitative estimate of drug-likeness (QED) is 0.659. The van der Waals surface area contributed by atoms with Gasteiger partial charge in [-0.1, -0.05) is 55.7 Å². The van der Waals surface area contributed by atoms with Crippen LogP contribution in [-0.4, -0.2) is 20.6 Å². The molecule has 2 aromatic carbocycles. The number of hydrogen-bond acceptors (Lipinski definition) is 3. The molecule has 1 fully saturated rings. The molecule has 28 heavy (non-hydrogen) atoms. The van der Waals surface area contributed by atoms with Gasteiger partial charge in [0.1, 0.15) is 6.17 Å². The van der Waals surface area contributed by atoms with Crippen LogP contribution in [0.1, 0.15) is 44.6 Å². The van der Waals surface area contributed by atoms with E-state index in [1.54, 1.807) is 42.5 Å². The number of alkyl halides is 1. The molecule has 0 bridgehead atoms. The largest absolute Gasteiger partial charge is 0.307 e. The minimum Gasteiger partial charge on any atom is -0.307 e. The van der Waals surface area contributed by atoms with Gasteiger partial charge < -0.3 is 5.32 Å². The molecule has 0 aromatic heterocycles. The first-order valence-electron chi connectivity index (χ1n) is 10.0. The minimum atomic E-state index is -3.66. The summed E-state index contributed by atoms with van der Waals surface area (Å²) in [6.07, 6.45) is 4.47. The van der Waals surface area contributed by atoms with Crippen LogP contribution in [0.15, 0.2) is 59.5 Å². The van der Waals surface area contributed by atoms with E-state index in [1.807, 2.05) is 19.1 Å². The topological polar surface area (TPSA) is 58.2 Å². The number of rotatable bonds is 8. The zero-order valence-corrected chi connectivity index (χ0v) is 17.1. The molecule has 3 rings (SSSR count). The van der Waals surface area contributed by atoms with Crippen LogP contribution in [-0.2, 0) is 16.6 Å². The van der Waals surface area contributed by atoms with E-state index >= 15 is 0 Å². The molecule has 0 amide bonds. The lowest BCUT2D eigenvalue weighted by atomic mass is 9.84. The molecule has 2 atom stereocenters. The van der Waals surface area contributed by atoms with Crippen molar-refractivity contribution in [1.29, 1.82) is 0 Å². The van der Waals surface area contributed by atoms with E-state index in [-0.39, 0.29) is 16.9 Å². The Labute approximate surface area is 167 Å². The summed E-state index contributed by atoms with van der Waals surface area (Å²) in [4.78, 5) is 0.215. The molecule has 2 aromatic rings. The number of nitrogens with one attached hydrogen (secondary N) is 2. The summed E-state index contributed by atoms with van der Waals surface area (Å²) >= 11 is 0. The van der Waals surface area contributed by atoms with Gasteiger partial charge in [0.15, 0.2) is 0 Å². The third-order valence-electron chi connectivity index (χ3n) is 5.51.